The van der Waals surface area contributed by atoms with Crippen LogP contribution in [0.2, 0.25) is 0 Å². The molecule has 0 aromatic heterocycles. The van der Waals surface area contributed by atoms with Crippen LogP contribution in [0.1, 0.15) is 12.0 Å². The van der Waals surface area contributed by atoms with E-state index in [0.29, 0.717) is 12.0 Å². The first-order valence-electron chi connectivity index (χ1n) is 5.44. The second-order valence-electron chi connectivity index (χ2n) is 3.93. The summed E-state index contributed by atoms with van der Waals surface area (Å²) in [5, 5.41) is 0. The number of benzene rings is 1. The third-order valence-electron chi connectivity index (χ3n) is 3.00. The molecule has 0 heterocycles. The third-order valence-corrected chi connectivity index (χ3v) is 3.00. The Hall–Kier alpha value is -1.45. The molecular weight excluding hydrogens is 219 g/mol. The Morgan fingerprint density at radius 1 is 1.18 bits per heavy atom. The van der Waals surface area contributed by atoms with Crippen LogP contribution in [0.15, 0.2) is 42.5 Å². The molecule has 0 spiro atoms. The minimum Gasteiger partial charge on any atom is -0.349 e. The smallest absolute Gasteiger partial charge is 0.191 e. The minimum absolute atomic E-state index is 0.227. The summed E-state index contributed by atoms with van der Waals surface area (Å²) in [6, 6.07) is 6.71. The first-order valence-corrected chi connectivity index (χ1v) is 5.44. The molecule has 1 aromatic carbocycles. The molecule has 0 saturated carbocycles. The lowest BCUT2D eigenvalue weighted by atomic mass is 9.93. The van der Waals surface area contributed by atoms with E-state index >= 15 is 0 Å². The van der Waals surface area contributed by atoms with E-state index in [4.69, 9.17) is 9.47 Å². The van der Waals surface area contributed by atoms with Crippen molar-refractivity contribution in [3.8, 4) is 0 Å². The largest absolute Gasteiger partial charge is 0.349 e. The van der Waals surface area contributed by atoms with E-state index in [2.05, 4.69) is 0 Å². The Labute approximate surface area is 100 Å². The Bertz CT molecular complexity index is 459. The van der Waals surface area contributed by atoms with Gasteiger partial charge in [0.25, 0.3) is 0 Å². The molecule has 0 radical (unpaired) electrons. The van der Waals surface area contributed by atoms with E-state index in [-0.39, 0.29) is 5.82 Å². The number of hydrogen-bond donors (Lipinski definition) is 0. The maximum atomic E-state index is 13.7. The number of hydrogen-bond acceptors (Lipinski definition) is 2. The summed E-state index contributed by atoms with van der Waals surface area (Å²) in [6.07, 6.45) is 6.04. The van der Waals surface area contributed by atoms with Crippen molar-refractivity contribution >= 4 is 5.57 Å². The molecule has 0 amide bonds. The third kappa shape index (κ3) is 2.30. The molecule has 17 heavy (non-hydrogen) atoms. The maximum Gasteiger partial charge on any atom is 0.191 e. The first kappa shape index (κ1) is 12.0. The summed E-state index contributed by atoms with van der Waals surface area (Å²) in [7, 11) is 3.16. The van der Waals surface area contributed by atoms with Crippen LogP contribution in [0.3, 0.4) is 0 Å². The van der Waals surface area contributed by atoms with Gasteiger partial charge in [0.1, 0.15) is 5.82 Å². The molecule has 0 saturated heterocycles. The molecule has 0 unspecified atom stereocenters. The van der Waals surface area contributed by atoms with Crippen LogP contribution in [0.25, 0.3) is 5.57 Å². The van der Waals surface area contributed by atoms with Crippen molar-refractivity contribution in [3.63, 3.8) is 0 Å². The molecule has 90 valence electrons. The highest BCUT2D eigenvalue weighted by molar-refractivity contribution is 5.69. The van der Waals surface area contributed by atoms with Crippen LogP contribution >= 0.6 is 0 Å². The van der Waals surface area contributed by atoms with Crippen molar-refractivity contribution < 1.29 is 13.9 Å². The van der Waals surface area contributed by atoms with E-state index in [0.717, 1.165) is 5.57 Å². The molecule has 1 aliphatic rings. The van der Waals surface area contributed by atoms with E-state index in [1.807, 2.05) is 24.3 Å². The highest BCUT2D eigenvalue weighted by Gasteiger charge is 2.30. The predicted molar refractivity (Wildman–Crippen MR) is 64.9 cm³/mol. The molecule has 0 N–H and O–H groups in total. The normalized spacial score (nSPS) is 17.9. The fraction of sp³-hybridized carbons (Fsp3) is 0.286. The van der Waals surface area contributed by atoms with Gasteiger partial charge in [-0.05, 0) is 17.7 Å². The summed E-state index contributed by atoms with van der Waals surface area (Å²) in [4.78, 5) is 0. The van der Waals surface area contributed by atoms with E-state index in [1.54, 1.807) is 26.4 Å². The lowest BCUT2D eigenvalue weighted by Crippen LogP contribution is -2.32. The maximum absolute atomic E-state index is 13.7. The lowest BCUT2D eigenvalue weighted by molar-refractivity contribution is -0.166. The van der Waals surface area contributed by atoms with Crippen molar-refractivity contribution in [2.45, 2.75) is 12.2 Å². The van der Waals surface area contributed by atoms with Gasteiger partial charge in [-0.3, -0.25) is 0 Å². The molecule has 0 aliphatic heterocycles. The molecule has 2 nitrogen and oxygen atoms in total. The Kier molecular flexibility index (Phi) is 3.41. The average molecular weight is 234 g/mol. The van der Waals surface area contributed by atoms with Gasteiger partial charge in [-0.25, -0.2) is 4.39 Å². The van der Waals surface area contributed by atoms with Gasteiger partial charge in [-0.15, -0.1) is 0 Å². The molecule has 0 fully saturated rings. The van der Waals surface area contributed by atoms with E-state index in [9.17, 15) is 4.39 Å². The molecule has 0 bridgehead atoms. The van der Waals surface area contributed by atoms with Crippen molar-refractivity contribution in [1.82, 2.24) is 0 Å². The van der Waals surface area contributed by atoms with Gasteiger partial charge < -0.3 is 9.47 Å². The molecular formula is C14H15FO2. The summed E-state index contributed by atoms with van der Waals surface area (Å²) in [5.74, 6) is -1.01. The van der Waals surface area contributed by atoms with Gasteiger partial charge in [0.05, 0.1) is 0 Å². The number of halogens is 1. The average Bonchev–Trinajstić information content (AvgIpc) is 2.39. The topological polar surface area (TPSA) is 18.5 Å². The minimum atomic E-state index is -0.785. The van der Waals surface area contributed by atoms with Crippen molar-refractivity contribution in [3.05, 3.63) is 53.9 Å². The second-order valence-corrected chi connectivity index (χ2v) is 3.93. The number of rotatable bonds is 3. The van der Waals surface area contributed by atoms with Gasteiger partial charge in [0.2, 0.25) is 0 Å². The van der Waals surface area contributed by atoms with Crippen LogP contribution in [0, 0.1) is 5.82 Å². The molecule has 2 rings (SSSR count). The molecule has 0 atom stereocenters. The molecule has 3 heteroatoms. The predicted octanol–water partition coefficient (Wildman–Crippen LogP) is 3.16. The van der Waals surface area contributed by atoms with Gasteiger partial charge in [-0.1, -0.05) is 30.4 Å². The van der Waals surface area contributed by atoms with Gasteiger partial charge in [0.15, 0.2) is 5.79 Å². The highest BCUT2D eigenvalue weighted by Crippen LogP contribution is 2.33. The molecule has 1 aromatic rings. The Morgan fingerprint density at radius 3 is 2.53 bits per heavy atom. The SMILES string of the molecule is COC1(OC)C=CC=C(c2ccccc2F)C1. The Morgan fingerprint density at radius 2 is 1.88 bits per heavy atom. The first-order chi connectivity index (χ1) is 8.21. The second kappa shape index (κ2) is 4.82. The summed E-state index contributed by atoms with van der Waals surface area (Å²) in [6.45, 7) is 0. The van der Waals surface area contributed by atoms with E-state index < -0.39 is 5.79 Å². The summed E-state index contributed by atoms with van der Waals surface area (Å²) in [5.41, 5.74) is 1.46. The summed E-state index contributed by atoms with van der Waals surface area (Å²) < 4.78 is 24.4. The lowest BCUT2D eigenvalue weighted by Gasteiger charge is -2.30. The van der Waals surface area contributed by atoms with E-state index in [1.165, 1.54) is 6.07 Å². The van der Waals surface area contributed by atoms with Crippen molar-refractivity contribution in [1.29, 1.82) is 0 Å². The Balaban J connectivity index is 2.33. The van der Waals surface area contributed by atoms with Crippen LogP contribution in [0.5, 0.6) is 0 Å². The van der Waals surface area contributed by atoms with Crippen LogP contribution in [0.4, 0.5) is 4.39 Å². The van der Waals surface area contributed by atoms with Gasteiger partial charge in [-0.2, -0.15) is 0 Å². The number of methoxy groups -OCH3 is 2. The monoisotopic (exact) mass is 234 g/mol. The zero-order valence-electron chi connectivity index (χ0n) is 9.94. The fourth-order valence-electron chi connectivity index (χ4n) is 1.96. The van der Waals surface area contributed by atoms with Crippen molar-refractivity contribution in [2.75, 3.05) is 14.2 Å². The standard InChI is InChI=1S/C14H15FO2/c1-16-14(17-2)9-5-6-11(10-14)12-7-3-4-8-13(12)15/h3-9H,10H2,1-2H3. The summed E-state index contributed by atoms with van der Waals surface area (Å²) >= 11 is 0. The quantitative estimate of drug-likeness (QED) is 0.748. The number of ether oxygens (including phenoxy) is 2. The highest BCUT2D eigenvalue weighted by atomic mass is 19.1. The van der Waals surface area contributed by atoms with Crippen molar-refractivity contribution in [2.24, 2.45) is 0 Å². The fourth-order valence-corrected chi connectivity index (χ4v) is 1.96. The zero-order chi connectivity index (χ0) is 12.3. The molecule has 1 aliphatic carbocycles. The zero-order valence-corrected chi connectivity index (χ0v) is 9.94. The van der Waals surface area contributed by atoms with Crippen LogP contribution in [-0.4, -0.2) is 20.0 Å². The van der Waals surface area contributed by atoms with Crippen LogP contribution < -0.4 is 0 Å². The van der Waals surface area contributed by atoms with Gasteiger partial charge >= 0.3 is 0 Å². The number of allylic oxidation sites excluding steroid dienone is 2. The van der Waals surface area contributed by atoms with Crippen LogP contribution in [-0.2, 0) is 9.47 Å². The van der Waals surface area contributed by atoms with Gasteiger partial charge in [0, 0.05) is 26.2 Å².